The lowest BCUT2D eigenvalue weighted by Gasteiger charge is -2.33. The van der Waals surface area contributed by atoms with Crippen LogP contribution in [0.25, 0.3) is 11.4 Å². The minimum absolute atomic E-state index is 0.147. The number of hydrogen-bond acceptors (Lipinski definition) is 6. The first-order valence-electron chi connectivity index (χ1n) is 12.6. The highest BCUT2D eigenvalue weighted by molar-refractivity contribution is 6.30. The van der Waals surface area contributed by atoms with Crippen molar-refractivity contribution in [3.05, 3.63) is 95.6 Å². The van der Waals surface area contributed by atoms with Crippen LogP contribution in [-0.2, 0) is 0 Å². The fourth-order valence-corrected chi connectivity index (χ4v) is 4.69. The molecule has 1 aromatic heterocycles. The molecular weight excluding hydrogens is 500 g/mol. The molecule has 7 nitrogen and oxygen atoms in total. The molecule has 1 amide bonds. The lowest BCUT2D eigenvalue weighted by molar-refractivity contribution is 0.0944. The summed E-state index contributed by atoms with van der Waals surface area (Å²) in [4.78, 5) is 24.4. The van der Waals surface area contributed by atoms with E-state index in [0.29, 0.717) is 46.1 Å². The summed E-state index contributed by atoms with van der Waals surface area (Å²) in [5, 5.41) is 3.76. The average Bonchev–Trinajstić information content (AvgIpc) is 2.96. The molecule has 5 rings (SSSR count). The third-order valence-corrected chi connectivity index (χ3v) is 6.81. The molecule has 4 aromatic rings. The van der Waals surface area contributed by atoms with Crippen LogP contribution in [-0.4, -0.2) is 42.6 Å². The van der Waals surface area contributed by atoms with Crippen LogP contribution in [0.15, 0.2) is 85.1 Å². The molecule has 3 aromatic carbocycles. The fraction of sp³-hybridized carbons (Fsp3) is 0.233. The van der Waals surface area contributed by atoms with Crippen LogP contribution in [0.1, 0.15) is 23.2 Å². The normalized spacial score (nSPS) is 13.7. The Labute approximate surface area is 227 Å². The summed E-state index contributed by atoms with van der Waals surface area (Å²) in [6, 6.07) is 24.2. The van der Waals surface area contributed by atoms with E-state index in [1.165, 1.54) is 0 Å². The van der Waals surface area contributed by atoms with E-state index in [9.17, 15) is 4.79 Å². The van der Waals surface area contributed by atoms with Gasteiger partial charge < -0.3 is 19.7 Å². The van der Waals surface area contributed by atoms with Gasteiger partial charge in [-0.25, -0.2) is 9.97 Å². The maximum Gasteiger partial charge on any atom is 0.251 e. The SMILES string of the molecule is COc1cc(Oc2ccccc2)cc(C(=O)NCC2CCN(c3ccnc(-c4cccc(Cl)c4)n3)CC2)c1. The molecular formula is C30H29ClN4O3. The first kappa shape index (κ1) is 25.5. The van der Waals surface area contributed by atoms with Gasteiger partial charge in [-0.05, 0) is 61.2 Å². The Morgan fingerprint density at radius 3 is 2.53 bits per heavy atom. The predicted molar refractivity (Wildman–Crippen MR) is 149 cm³/mol. The van der Waals surface area contributed by atoms with Crippen molar-refractivity contribution in [3.63, 3.8) is 0 Å². The second-order valence-electron chi connectivity index (χ2n) is 9.20. The van der Waals surface area contributed by atoms with Gasteiger partial charge in [0, 0.05) is 48.0 Å². The van der Waals surface area contributed by atoms with Crippen molar-refractivity contribution >= 4 is 23.3 Å². The maximum atomic E-state index is 13.0. The van der Waals surface area contributed by atoms with Gasteiger partial charge in [0.05, 0.1) is 7.11 Å². The van der Waals surface area contributed by atoms with E-state index in [1.807, 2.05) is 60.7 Å². The van der Waals surface area contributed by atoms with E-state index in [0.717, 1.165) is 37.3 Å². The molecule has 0 atom stereocenters. The number of benzene rings is 3. The minimum atomic E-state index is -0.147. The summed E-state index contributed by atoms with van der Waals surface area (Å²) >= 11 is 6.14. The summed E-state index contributed by atoms with van der Waals surface area (Å²) in [7, 11) is 1.58. The van der Waals surface area contributed by atoms with Gasteiger partial charge in [0.25, 0.3) is 5.91 Å². The van der Waals surface area contributed by atoms with Crippen LogP contribution in [0.3, 0.4) is 0 Å². The van der Waals surface area contributed by atoms with Gasteiger partial charge in [-0.3, -0.25) is 4.79 Å². The van der Waals surface area contributed by atoms with Gasteiger partial charge in [-0.1, -0.05) is 41.9 Å². The highest BCUT2D eigenvalue weighted by Gasteiger charge is 2.22. The Hall–Kier alpha value is -4.10. The highest BCUT2D eigenvalue weighted by Crippen LogP contribution is 2.28. The molecule has 0 bridgehead atoms. The van der Waals surface area contributed by atoms with Crippen molar-refractivity contribution in [2.75, 3.05) is 31.6 Å². The molecule has 1 aliphatic rings. The summed E-state index contributed by atoms with van der Waals surface area (Å²) in [5.41, 5.74) is 1.40. The number of carbonyl (C=O) groups excluding carboxylic acids is 1. The molecule has 2 heterocycles. The highest BCUT2D eigenvalue weighted by atomic mass is 35.5. The lowest BCUT2D eigenvalue weighted by Crippen LogP contribution is -2.39. The van der Waals surface area contributed by atoms with Gasteiger partial charge in [0.15, 0.2) is 5.82 Å². The fourth-order valence-electron chi connectivity index (χ4n) is 4.50. The van der Waals surface area contributed by atoms with Gasteiger partial charge in [-0.2, -0.15) is 0 Å². The first-order chi connectivity index (χ1) is 18.6. The molecule has 38 heavy (non-hydrogen) atoms. The Kier molecular flexibility index (Phi) is 8.04. The average molecular weight is 529 g/mol. The van der Waals surface area contributed by atoms with Crippen molar-refractivity contribution in [2.24, 2.45) is 5.92 Å². The zero-order chi connectivity index (χ0) is 26.3. The molecule has 0 saturated carbocycles. The van der Waals surface area contributed by atoms with E-state index >= 15 is 0 Å². The molecule has 0 radical (unpaired) electrons. The number of halogens is 1. The standard InChI is InChI=1S/C30H29ClN4O3/c1-37-26-17-23(18-27(19-26)38-25-8-3-2-4-9-25)30(36)33-20-21-11-14-35(15-12-21)28-10-13-32-29(34-28)22-6-5-7-24(31)16-22/h2-10,13,16-19,21H,11-12,14-15,20H2,1H3,(H,33,36). The van der Waals surface area contributed by atoms with Crippen molar-refractivity contribution in [1.29, 1.82) is 0 Å². The third kappa shape index (κ3) is 6.42. The quantitative estimate of drug-likeness (QED) is 0.291. The Morgan fingerprint density at radius 1 is 0.974 bits per heavy atom. The van der Waals surface area contributed by atoms with Crippen LogP contribution in [0, 0.1) is 5.92 Å². The van der Waals surface area contributed by atoms with E-state index in [1.54, 1.807) is 31.5 Å². The molecule has 1 N–H and O–H groups in total. The molecule has 194 valence electrons. The topological polar surface area (TPSA) is 76.6 Å². The Morgan fingerprint density at radius 2 is 1.76 bits per heavy atom. The van der Waals surface area contributed by atoms with Crippen molar-refractivity contribution in [2.45, 2.75) is 12.8 Å². The van der Waals surface area contributed by atoms with E-state index in [2.05, 4.69) is 15.2 Å². The predicted octanol–water partition coefficient (Wildman–Crippen LogP) is 6.24. The van der Waals surface area contributed by atoms with Crippen LogP contribution < -0.4 is 19.7 Å². The third-order valence-electron chi connectivity index (χ3n) is 6.57. The van der Waals surface area contributed by atoms with E-state index in [-0.39, 0.29) is 5.91 Å². The second-order valence-corrected chi connectivity index (χ2v) is 9.64. The largest absolute Gasteiger partial charge is 0.497 e. The number of anilines is 1. The molecule has 1 saturated heterocycles. The van der Waals surface area contributed by atoms with Gasteiger partial charge in [0.2, 0.25) is 0 Å². The van der Waals surface area contributed by atoms with Crippen molar-refractivity contribution in [1.82, 2.24) is 15.3 Å². The van der Waals surface area contributed by atoms with E-state index in [4.69, 9.17) is 26.1 Å². The number of para-hydroxylation sites is 1. The molecule has 1 fully saturated rings. The number of nitrogens with one attached hydrogen (secondary N) is 1. The number of methoxy groups -OCH3 is 1. The van der Waals surface area contributed by atoms with Crippen LogP contribution in [0.5, 0.6) is 17.2 Å². The van der Waals surface area contributed by atoms with Gasteiger partial charge in [0.1, 0.15) is 23.1 Å². The molecule has 1 aliphatic heterocycles. The number of rotatable bonds is 8. The number of aromatic nitrogens is 2. The number of nitrogens with zero attached hydrogens (tertiary/aromatic N) is 3. The van der Waals surface area contributed by atoms with Crippen molar-refractivity contribution < 1.29 is 14.3 Å². The zero-order valence-corrected chi connectivity index (χ0v) is 21.9. The first-order valence-corrected chi connectivity index (χ1v) is 13.0. The lowest BCUT2D eigenvalue weighted by atomic mass is 9.96. The summed E-state index contributed by atoms with van der Waals surface area (Å²) in [5.74, 6) is 3.62. The number of hydrogen-bond donors (Lipinski definition) is 1. The van der Waals surface area contributed by atoms with Crippen LogP contribution in [0.4, 0.5) is 5.82 Å². The molecule has 0 spiro atoms. The van der Waals surface area contributed by atoms with Crippen LogP contribution >= 0.6 is 11.6 Å². The second kappa shape index (κ2) is 12.0. The van der Waals surface area contributed by atoms with Gasteiger partial charge >= 0.3 is 0 Å². The summed E-state index contributed by atoms with van der Waals surface area (Å²) < 4.78 is 11.3. The minimum Gasteiger partial charge on any atom is -0.497 e. The van der Waals surface area contributed by atoms with Gasteiger partial charge in [-0.15, -0.1) is 0 Å². The van der Waals surface area contributed by atoms with E-state index < -0.39 is 0 Å². The summed E-state index contributed by atoms with van der Waals surface area (Å²) in [6.07, 6.45) is 3.70. The van der Waals surface area contributed by atoms with Crippen LogP contribution in [0.2, 0.25) is 5.02 Å². The molecule has 0 aliphatic carbocycles. The maximum absolute atomic E-state index is 13.0. The monoisotopic (exact) mass is 528 g/mol. The number of piperidine rings is 1. The van der Waals surface area contributed by atoms with Crippen molar-refractivity contribution in [3.8, 4) is 28.6 Å². The Bertz CT molecular complexity index is 1390. The number of amides is 1. The smallest absolute Gasteiger partial charge is 0.251 e. The molecule has 0 unspecified atom stereocenters. The number of ether oxygens (including phenoxy) is 2. The molecule has 8 heteroatoms. The summed E-state index contributed by atoms with van der Waals surface area (Å²) in [6.45, 7) is 2.33. The number of carbonyl (C=O) groups is 1. The Balaban J connectivity index is 1.17. The zero-order valence-electron chi connectivity index (χ0n) is 21.1.